The van der Waals surface area contributed by atoms with Crippen LogP contribution in [0.2, 0.25) is 0 Å². The Bertz CT molecular complexity index is 548. The van der Waals surface area contributed by atoms with Crippen molar-refractivity contribution in [3.63, 3.8) is 0 Å². The van der Waals surface area contributed by atoms with Gasteiger partial charge in [0.15, 0.2) is 0 Å². The van der Waals surface area contributed by atoms with Gasteiger partial charge in [0.2, 0.25) is 0 Å². The normalized spacial score (nSPS) is 14.8. The molecule has 0 saturated carbocycles. The number of amides is 3. The van der Waals surface area contributed by atoms with Crippen molar-refractivity contribution in [1.82, 2.24) is 9.80 Å². The predicted octanol–water partition coefficient (Wildman–Crippen LogP) is 2.33. The van der Waals surface area contributed by atoms with Gasteiger partial charge in [0, 0.05) is 19.2 Å². The Morgan fingerprint density at radius 3 is 2.41 bits per heavy atom. The van der Waals surface area contributed by atoms with E-state index in [4.69, 9.17) is 0 Å². The number of likely N-dealkylation sites (tertiary alicyclic amines) is 1. The maximum absolute atomic E-state index is 12.4. The van der Waals surface area contributed by atoms with E-state index in [-0.39, 0.29) is 12.6 Å². The zero-order chi connectivity index (χ0) is 15.8. The smallest absolute Gasteiger partial charge is 0.324 e. The van der Waals surface area contributed by atoms with Crippen LogP contribution in [0.1, 0.15) is 24.8 Å². The minimum absolute atomic E-state index is 0.215. The van der Waals surface area contributed by atoms with E-state index in [9.17, 15) is 14.4 Å². The molecule has 22 heavy (non-hydrogen) atoms. The first-order valence-electron chi connectivity index (χ1n) is 7.49. The summed E-state index contributed by atoms with van der Waals surface area (Å²) < 4.78 is 0. The van der Waals surface area contributed by atoms with Gasteiger partial charge in [-0.1, -0.05) is 30.3 Å². The third-order valence-electron chi connectivity index (χ3n) is 3.60. The van der Waals surface area contributed by atoms with Gasteiger partial charge in [0.05, 0.1) is 6.54 Å². The van der Waals surface area contributed by atoms with Crippen molar-refractivity contribution < 1.29 is 14.4 Å². The highest BCUT2D eigenvalue weighted by atomic mass is 16.2. The number of imide groups is 1. The summed E-state index contributed by atoms with van der Waals surface area (Å²) >= 11 is 0. The van der Waals surface area contributed by atoms with Gasteiger partial charge in [-0.05, 0) is 30.9 Å². The lowest BCUT2D eigenvalue weighted by Crippen LogP contribution is -2.48. The Morgan fingerprint density at radius 2 is 1.77 bits per heavy atom. The van der Waals surface area contributed by atoms with Crippen molar-refractivity contribution in [2.75, 3.05) is 19.6 Å². The van der Waals surface area contributed by atoms with Crippen LogP contribution in [0, 0.1) is 0 Å². The molecule has 1 heterocycles. The van der Waals surface area contributed by atoms with Crippen molar-refractivity contribution >= 4 is 24.3 Å². The lowest BCUT2D eigenvalue weighted by Gasteiger charge is -2.30. The number of carbonyl (C=O) groups excluding carboxylic acids is 3. The van der Waals surface area contributed by atoms with Crippen LogP contribution < -0.4 is 0 Å². The van der Waals surface area contributed by atoms with Crippen LogP contribution in [0.5, 0.6) is 0 Å². The average Bonchev–Trinajstić information content (AvgIpc) is 2.58. The summed E-state index contributed by atoms with van der Waals surface area (Å²) in [5, 5.41) is 0. The fraction of sp³-hybridized carbons (Fsp3) is 0.353. The van der Waals surface area contributed by atoms with E-state index in [0.29, 0.717) is 19.4 Å². The standard InChI is InChI=1S/C17H20N2O3/c20-14-13-19(17(22)18-11-5-2-6-12-18)16(21)10-9-15-7-3-1-4-8-15/h1,3-4,7-10,14H,2,5-6,11-13H2. The quantitative estimate of drug-likeness (QED) is 0.633. The summed E-state index contributed by atoms with van der Waals surface area (Å²) in [5.41, 5.74) is 0.868. The number of nitrogens with zero attached hydrogens (tertiary/aromatic N) is 2. The minimum atomic E-state index is -0.466. The molecule has 0 bridgehead atoms. The summed E-state index contributed by atoms with van der Waals surface area (Å²) in [6, 6.07) is 8.96. The molecular weight excluding hydrogens is 280 g/mol. The van der Waals surface area contributed by atoms with Gasteiger partial charge in [-0.15, -0.1) is 0 Å². The Kier molecular flexibility index (Phi) is 5.89. The highest BCUT2D eigenvalue weighted by Crippen LogP contribution is 2.12. The third kappa shape index (κ3) is 4.28. The lowest BCUT2D eigenvalue weighted by atomic mass is 10.1. The minimum Gasteiger partial charge on any atom is -0.324 e. The molecule has 116 valence electrons. The van der Waals surface area contributed by atoms with E-state index in [1.807, 2.05) is 30.3 Å². The van der Waals surface area contributed by atoms with Crippen LogP contribution in [0.3, 0.4) is 0 Å². The fourth-order valence-corrected chi connectivity index (χ4v) is 2.41. The summed E-state index contributed by atoms with van der Waals surface area (Å²) in [6.45, 7) is 1.07. The first-order chi connectivity index (χ1) is 10.7. The van der Waals surface area contributed by atoms with Gasteiger partial charge in [0.25, 0.3) is 5.91 Å². The van der Waals surface area contributed by atoms with Crippen molar-refractivity contribution in [1.29, 1.82) is 0 Å². The molecular formula is C17H20N2O3. The summed E-state index contributed by atoms with van der Waals surface area (Å²) in [7, 11) is 0. The van der Waals surface area contributed by atoms with Gasteiger partial charge in [-0.2, -0.15) is 0 Å². The number of piperidine rings is 1. The highest BCUT2D eigenvalue weighted by Gasteiger charge is 2.25. The second kappa shape index (κ2) is 8.12. The molecule has 0 N–H and O–H groups in total. The fourth-order valence-electron chi connectivity index (χ4n) is 2.41. The Balaban J connectivity index is 2.05. The first-order valence-corrected chi connectivity index (χ1v) is 7.49. The van der Waals surface area contributed by atoms with E-state index in [0.717, 1.165) is 29.7 Å². The molecule has 1 fully saturated rings. The molecule has 1 aromatic carbocycles. The van der Waals surface area contributed by atoms with Crippen LogP contribution in [0.15, 0.2) is 36.4 Å². The van der Waals surface area contributed by atoms with Crippen LogP contribution in [-0.4, -0.2) is 47.7 Å². The molecule has 1 aliphatic rings. The van der Waals surface area contributed by atoms with Crippen LogP contribution in [0.25, 0.3) is 6.08 Å². The number of rotatable bonds is 4. The molecule has 0 unspecified atom stereocenters. The summed E-state index contributed by atoms with van der Waals surface area (Å²) in [4.78, 5) is 38.0. The van der Waals surface area contributed by atoms with E-state index >= 15 is 0 Å². The van der Waals surface area contributed by atoms with Crippen molar-refractivity contribution in [3.05, 3.63) is 42.0 Å². The molecule has 2 rings (SSSR count). The van der Waals surface area contributed by atoms with Crippen molar-refractivity contribution in [3.8, 4) is 0 Å². The number of aldehydes is 1. The largest absolute Gasteiger partial charge is 0.327 e. The maximum atomic E-state index is 12.4. The Hall–Kier alpha value is -2.43. The first kappa shape index (κ1) is 15.9. The molecule has 0 radical (unpaired) electrons. The number of hydrogen-bond acceptors (Lipinski definition) is 3. The van der Waals surface area contributed by atoms with E-state index in [1.165, 1.54) is 6.08 Å². The number of hydrogen-bond donors (Lipinski definition) is 0. The van der Waals surface area contributed by atoms with E-state index in [2.05, 4.69) is 0 Å². The average molecular weight is 300 g/mol. The Morgan fingerprint density at radius 1 is 1.09 bits per heavy atom. The number of carbonyl (C=O) groups is 3. The van der Waals surface area contributed by atoms with Crippen LogP contribution >= 0.6 is 0 Å². The molecule has 1 aliphatic heterocycles. The maximum Gasteiger partial charge on any atom is 0.327 e. The van der Waals surface area contributed by atoms with E-state index in [1.54, 1.807) is 11.0 Å². The highest BCUT2D eigenvalue weighted by molar-refractivity contribution is 6.03. The van der Waals surface area contributed by atoms with Crippen LogP contribution in [0.4, 0.5) is 4.79 Å². The van der Waals surface area contributed by atoms with Crippen molar-refractivity contribution in [2.45, 2.75) is 19.3 Å². The molecule has 0 aliphatic carbocycles. The lowest BCUT2D eigenvalue weighted by molar-refractivity contribution is -0.126. The van der Waals surface area contributed by atoms with Gasteiger partial charge >= 0.3 is 6.03 Å². The molecule has 0 aromatic heterocycles. The monoisotopic (exact) mass is 300 g/mol. The zero-order valence-corrected chi connectivity index (χ0v) is 12.5. The summed E-state index contributed by atoms with van der Waals surface area (Å²) in [5.74, 6) is -0.466. The second-order valence-electron chi connectivity index (χ2n) is 5.19. The molecule has 1 aromatic rings. The molecule has 5 heteroatoms. The van der Waals surface area contributed by atoms with E-state index < -0.39 is 5.91 Å². The molecule has 0 spiro atoms. The summed E-state index contributed by atoms with van der Waals surface area (Å²) in [6.07, 6.45) is 6.53. The Labute approximate surface area is 130 Å². The number of urea groups is 1. The molecule has 1 saturated heterocycles. The van der Waals surface area contributed by atoms with Gasteiger partial charge in [-0.25, -0.2) is 4.79 Å². The predicted molar refractivity (Wildman–Crippen MR) is 84.1 cm³/mol. The SMILES string of the molecule is O=CCN(C(=O)C=Cc1ccccc1)C(=O)N1CCCCC1. The molecule has 5 nitrogen and oxygen atoms in total. The van der Waals surface area contributed by atoms with Gasteiger partial charge in [-0.3, -0.25) is 9.69 Å². The zero-order valence-electron chi connectivity index (χ0n) is 12.5. The number of benzene rings is 1. The van der Waals surface area contributed by atoms with Gasteiger partial charge in [0.1, 0.15) is 6.29 Å². The second-order valence-corrected chi connectivity index (χ2v) is 5.19. The van der Waals surface area contributed by atoms with Gasteiger partial charge < -0.3 is 9.69 Å². The van der Waals surface area contributed by atoms with Crippen molar-refractivity contribution in [2.24, 2.45) is 0 Å². The topological polar surface area (TPSA) is 57.7 Å². The third-order valence-corrected chi connectivity index (χ3v) is 3.60. The molecule has 0 atom stereocenters. The van der Waals surface area contributed by atoms with Crippen LogP contribution in [-0.2, 0) is 9.59 Å². The molecule has 3 amide bonds.